The van der Waals surface area contributed by atoms with Crippen LogP contribution in [0.15, 0.2) is 36.7 Å². The van der Waals surface area contributed by atoms with Gasteiger partial charge in [-0.3, -0.25) is 4.98 Å². The van der Waals surface area contributed by atoms with Crippen LogP contribution in [0.4, 0.5) is 11.6 Å². The molecule has 0 saturated heterocycles. The third-order valence-corrected chi connectivity index (χ3v) is 3.94. The summed E-state index contributed by atoms with van der Waals surface area (Å²) in [6.07, 6.45) is 3.60. The molecule has 0 radical (unpaired) electrons. The SMILES string of the molecule is Cc1cnccc1-c1[nH]c(N)nc1-c1ccc2c(c1)NCCO2. The highest BCUT2D eigenvalue weighted by atomic mass is 16.5. The van der Waals surface area contributed by atoms with Gasteiger partial charge in [-0.1, -0.05) is 0 Å². The van der Waals surface area contributed by atoms with E-state index in [1.165, 1.54) is 0 Å². The highest BCUT2D eigenvalue weighted by Crippen LogP contribution is 2.36. The molecule has 4 N–H and O–H groups in total. The molecule has 2 aromatic heterocycles. The molecular weight excluding hydrogens is 290 g/mol. The Labute approximate surface area is 133 Å². The molecule has 1 aliphatic rings. The molecule has 0 aliphatic carbocycles. The lowest BCUT2D eigenvalue weighted by Crippen LogP contribution is -2.17. The van der Waals surface area contributed by atoms with Gasteiger partial charge in [0.25, 0.3) is 0 Å². The lowest BCUT2D eigenvalue weighted by molar-refractivity contribution is 0.323. The van der Waals surface area contributed by atoms with Crippen molar-refractivity contribution in [2.24, 2.45) is 0 Å². The topological polar surface area (TPSA) is 88.9 Å². The summed E-state index contributed by atoms with van der Waals surface area (Å²) in [5.41, 5.74) is 11.7. The predicted octanol–water partition coefficient (Wildman–Crippen LogP) is 2.83. The molecule has 1 aromatic carbocycles. The number of benzene rings is 1. The Balaban J connectivity index is 1.86. The van der Waals surface area contributed by atoms with E-state index in [1.807, 2.05) is 37.4 Å². The second-order valence-electron chi connectivity index (χ2n) is 5.52. The van der Waals surface area contributed by atoms with E-state index in [9.17, 15) is 0 Å². The summed E-state index contributed by atoms with van der Waals surface area (Å²) in [6, 6.07) is 7.97. The second kappa shape index (κ2) is 5.31. The molecule has 0 saturated carbocycles. The molecule has 0 atom stereocenters. The summed E-state index contributed by atoms with van der Waals surface area (Å²) in [7, 11) is 0. The van der Waals surface area contributed by atoms with Gasteiger partial charge in [0.1, 0.15) is 12.4 Å². The van der Waals surface area contributed by atoms with Crippen LogP contribution >= 0.6 is 0 Å². The third kappa shape index (κ3) is 2.38. The van der Waals surface area contributed by atoms with Gasteiger partial charge in [-0.05, 0) is 36.8 Å². The molecule has 0 fully saturated rings. The molecule has 0 spiro atoms. The van der Waals surface area contributed by atoms with E-state index in [0.29, 0.717) is 12.6 Å². The lowest BCUT2D eigenvalue weighted by Gasteiger charge is -2.19. The van der Waals surface area contributed by atoms with Gasteiger partial charge in [0.2, 0.25) is 0 Å². The molecule has 0 unspecified atom stereocenters. The number of hydrogen-bond donors (Lipinski definition) is 3. The van der Waals surface area contributed by atoms with Crippen LogP contribution < -0.4 is 15.8 Å². The number of nitrogens with one attached hydrogen (secondary N) is 2. The number of H-pyrrole nitrogens is 1. The predicted molar refractivity (Wildman–Crippen MR) is 90.4 cm³/mol. The number of aromatic nitrogens is 3. The second-order valence-corrected chi connectivity index (χ2v) is 5.52. The summed E-state index contributed by atoms with van der Waals surface area (Å²) in [5, 5.41) is 3.35. The third-order valence-electron chi connectivity index (χ3n) is 3.94. The van der Waals surface area contributed by atoms with E-state index in [-0.39, 0.29) is 0 Å². The van der Waals surface area contributed by atoms with Crippen molar-refractivity contribution in [3.05, 3.63) is 42.2 Å². The van der Waals surface area contributed by atoms with Crippen molar-refractivity contribution in [2.45, 2.75) is 6.92 Å². The average molecular weight is 307 g/mol. The number of nitrogens with two attached hydrogens (primary N) is 1. The van der Waals surface area contributed by atoms with Crippen LogP contribution in [-0.4, -0.2) is 28.1 Å². The molecular formula is C17H17N5O. The number of aromatic amines is 1. The fraction of sp³-hybridized carbons (Fsp3) is 0.176. The van der Waals surface area contributed by atoms with E-state index < -0.39 is 0 Å². The molecule has 0 amide bonds. The number of imidazole rings is 1. The van der Waals surface area contributed by atoms with E-state index in [4.69, 9.17) is 10.5 Å². The number of nitrogens with zero attached hydrogens (tertiary/aromatic N) is 2. The number of fused-ring (bicyclic) bond motifs is 1. The normalized spacial score (nSPS) is 13.1. The van der Waals surface area contributed by atoms with Crippen molar-refractivity contribution in [2.75, 3.05) is 24.2 Å². The average Bonchev–Trinajstić information content (AvgIpc) is 2.96. The van der Waals surface area contributed by atoms with Crippen LogP contribution in [0.5, 0.6) is 5.75 Å². The van der Waals surface area contributed by atoms with Crippen LogP contribution in [0.3, 0.4) is 0 Å². The number of anilines is 2. The van der Waals surface area contributed by atoms with Crippen molar-refractivity contribution in [3.63, 3.8) is 0 Å². The van der Waals surface area contributed by atoms with Gasteiger partial charge in [0.15, 0.2) is 5.95 Å². The standard InChI is InChI=1S/C17H17N5O/c1-10-9-19-5-4-12(10)16-15(21-17(18)22-16)11-2-3-14-13(8-11)20-6-7-23-14/h2-5,8-9,20H,6-7H2,1H3,(H3,18,21,22). The first-order chi connectivity index (χ1) is 11.2. The molecule has 116 valence electrons. The largest absolute Gasteiger partial charge is 0.490 e. The Bertz CT molecular complexity index is 871. The number of ether oxygens (including phenoxy) is 1. The zero-order valence-corrected chi connectivity index (χ0v) is 12.8. The Morgan fingerprint density at radius 2 is 2.17 bits per heavy atom. The maximum absolute atomic E-state index is 5.92. The number of rotatable bonds is 2. The summed E-state index contributed by atoms with van der Waals surface area (Å²) < 4.78 is 5.63. The van der Waals surface area contributed by atoms with Crippen LogP contribution in [0.2, 0.25) is 0 Å². The van der Waals surface area contributed by atoms with E-state index in [2.05, 4.69) is 20.3 Å². The minimum atomic E-state index is 0.396. The molecule has 3 heterocycles. The quantitative estimate of drug-likeness (QED) is 0.677. The summed E-state index contributed by atoms with van der Waals surface area (Å²) in [6.45, 7) is 3.50. The van der Waals surface area contributed by atoms with Crippen molar-refractivity contribution >= 4 is 11.6 Å². The smallest absolute Gasteiger partial charge is 0.198 e. The van der Waals surface area contributed by atoms with Crippen molar-refractivity contribution in [1.82, 2.24) is 15.0 Å². The van der Waals surface area contributed by atoms with Gasteiger partial charge in [-0.25, -0.2) is 4.98 Å². The summed E-state index contributed by atoms with van der Waals surface area (Å²) in [4.78, 5) is 11.8. The highest BCUT2D eigenvalue weighted by molar-refractivity contribution is 5.83. The Kier molecular flexibility index (Phi) is 3.15. The van der Waals surface area contributed by atoms with Crippen molar-refractivity contribution < 1.29 is 4.74 Å². The summed E-state index contributed by atoms with van der Waals surface area (Å²) >= 11 is 0. The maximum atomic E-state index is 5.92. The van der Waals surface area contributed by atoms with E-state index in [1.54, 1.807) is 6.20 Å². The van der Waals surface area contributed by atoms with Gasteiger partial charge in [0, 0.05) is 30.1 Å². The number of aryl methyl sites for hydroxylation is 1. The summed E-state index contributed by atoms with van der Waals surface area (Å²) in [5.74, 6) is 1.26. The van der Waals surface area contributed by atoms with Crippen LogP contribution in [-0.2, 0) is 0 Å². The van der Waals surface area contributed by atoms with Crippen LogP contribution in [0.25, 0.3) is 22.5 Å². The number of nitrogen functional groups attached to an aromatic ring is 1. The molecule has 0 bridgehead atoms. The molecule has 6 heteroatoms. The van der Waals surface area contributed by atoms with Gasteiger partial charge in [-0.15, -0.1) is 0 Å². The van der Waals surface area contributed by atoms with Gasteiger partial charge in [0.05, 0.1) is 17.1 Å². The minimum absolute atomic E-state index is 0.396. The van der Waals surface area contributed by atoms with Crippen molar-refractivity contribution in [1.29, 1.82) is 0 Å². The Hall–Kier alpha value is -3.02. The molecule has 1 aliphatic heterocycles. The highest BCUT2D eigenvalue weighted by Gasteiger charge is 2.17. The first-order valence-electron chi connectivity index (χ1n) is 7.50. The molecule has 23 heavy (non-hydrogen) atoms. The monoisotopic (exact) mass is 307 g/mol. The zero-order chi connectivity index (χ0) is 15.8. The lowest BCUT2D eigenvalue weighted by atomic mass is 10.0. The van der Waals surface area contributed by atoms with Gasteiger partial charge >= 0.3 is 0 Å². The van der Waals surface area contributed by atoms with E-state index in [0.717, 1.165) is 46.1 Å². The van der Waals surface area contributed by atoms with E-state index >= 15 is 0 Å². The minimum Gasteiger partial charge on any atom is -0.490 e. The molecule has 3 aromatic rings. The van der Waals surface area contributed by atoms with Gasteiger partial charge < -0.3 is 20.8 Å². The fourth-order valence-corrected chi connectivity index (χ4v) is 2.84. The van der Waals surface area contributed by atoms with Crippen LogP contribution in [0, 0.1) is 6.92 Å². The Morgan fingerprint density at radius 3 is 3.04 bits per heavy atom. The Morgan fingerprint density at radius 1 is 1.26 bits per heavy atom. The first-order valence-corrected chi connectivity index (χ1v) is 7.50. The maximum Gasteiger partial charge on any atom is 0.198 e. The zero-order valence-electron chi connectivity index (χ0n) is 12.8. The molecule has 6 nitrogen and oxygen atoms in total. The van der Waals surface area contributed by atoms with Crippen LogP contribution in [0.1, 0.15) is 5.56 Å². The molecule has 4 rings (SSSR count). The van der Waals surface area contributed by atoms with Gasteiger partial charge in [-0.2, -0.15) is 0 Å². The fourth-order valence-electron chi connectivity index (χ4n) is 2.84. The number of pyridine rings is 1. The van der Waals surface area contributed by atoms with Crippen molar-refractivity contribution in [3.8, 4) is 28.3 Å². The number of hydrogen-bond acceptors (Lipinski definition) is 5. The first kappa shape index (κ1) is 13.6.